The van der Waals surface area contributed by atoms with Crippen LogP contribution in [0.1, 0.15) is 50.3 Å². The monoisotopic (exact) mass is 671 g/mol. The number of nitrogens with zero attached hydrogens (tertiary/aromatic N) is 5. The number of pyridine rings is 1. The van der Waals surface area contributed by atoms with Crippen LogP contribution >= 0.6 is 0 Å². The maximum absolute atomic E-state index is 13.6. The van der Waals surface area contributed by atoms with Crippen molar-refractivity contribution in [3.8, 4) is 11.3 Å². The molecule has 0 saturated carbocycles. The summed E-state index contributed by atoms with van der Waals surface area (Å²) in [5.74, 6) is -1.52. The minimum absolute atomic E-state index is 0.00556. The lowest BCUT2D eigenvalue weighted by atomic mass is 10.0. The number of aliphatic hydroxyl groups excluding tert-OH is 1. The van der Waals surface area contributed by atoms with Gasteiger partial charge in [-0.3, -0.25) is 29.1 Å². The van der Waals surface area contributed by atoms with Crippen molar-refractivity contribution >= 4 is 35.0 Å². The van der Waals surface area contributed by atoms with E-state index in [1.807, 2.05) is 18.2 Å². The highest BCUT2D eigenvalue weighted by Gasteiger charge is 2.24. The average Bonchev–Trinajstić information content (AvgIpc) is 3.13. The molecule has 3 aromatic rings. The van der Waals surface area contributed by atoms with Crippen molar-refractivity contribution in [2.45, 2.75) is 19.3 Å². The molecule has 5 rings (SSSR count). The summed E-state index contributed by atoms with van der Waals surface area (Å²) in [6.45, 7) is 5.86. The smallest absolute Gasteiger partial charge is 0.255 e. The number of likely N-dealkylation sites (N-methyl/N-ethyl adjacent to an activating group) is 1. The number of piperidine rings is 1. The maximum atomic E-state index is 13.6. The first-order valence-corrected chi connectivity index (χ1v) is 16.7. The first-order valence-electron chi connectivity index (χ1n) is 16.7. The second kappa shape index (κ2) is 17.0. The number of benzene rings is 2. The molecule has 0 bridgehead atoms. The van der Waals surface area contributed by atoms with Crippen molar-refractivity contribution in [2.75, 3.05) is 89.4 Å². The van der Waals surface area contributed by atoms with Gasteiger partial charge in [0.05, 0.1) is 37.7 Å². The quantitative estimate of drug-likeness (QED) is 0.232. The molecule has 0 spiro atoms. The Labute approximate surface area is 286 Å². The van der Waals surface area contributed by atoms with Gasteiger partial charge < -0.3 is 35.6 Å². The normalized spacial score (nSPS) is 15.1. The second-order valence-electron chi connectivity index (χ2n) is 12.3. The maximum Gasteiger partial charge on any atom is 0.255 e. The highest BCUT2D eigenvalue weighted by atomic mass is 16.5. The van der Waals surface area contributed by atoms with E-state index in [9.17, 15) is 19.2 Å². The Morgan fingerprint density at radius 1 is 0.898 bits per heavy atom. The number of amides is 4. The van der Waals surface area contributed by atoms with Crippen molar-refractivity contribution in [3.05, 3.63) is 77.5 Å². The summed E-state index contributed by atoms with van der Waals surface area (Å²) in [6.07, 6.45) is 4.90. The summed E-state index contributed by atoms with van der Waals surface area (Å²) < 4.78 is 5.33. The molecular formula is C36H45N7O6. The number of nitrogens with two attached hydrogens (primary N) is 1. The number of ether oxygens (including phenoxy) is 1. The number of primary amides is 1. The third-order valence-corrected chi connectivity index (χ3v) is 8.90. The van der Waals surface area contributed by atoms with E-state index in [1.54, 1.807) is 42.3 Å². The highest BCUT2D eigenvalue weighted by Crippen LogP contribution is 2.33. The number of nitrogens with one attached hydrogen (secondary N) is 1. The molecule has 3 heterocycles. The molecule has 13 heteroatoms. The molecule has 0 radical (unpaired) electrons. The van der Waals surface area contributed by atoms with Crippen LogP contribution in [-0.2, 0) is 9.53 Å². The van der Waals surface area contributed by atoms with E-state index in [4.69, 9.17) is 15.6 Å². The lowest BCUT2D eigenvalue weighted by Gasteiger charge is -2.35. The van der Waals surface area contributed by atoms with Gasteiger partial charge in [0.25, 0.3) is 11.8 Å². The lowest BCUT2D eigenvalue weighted by molar-refractivity contribution is -0.133. The molecular weight excluding hydrogens is 626 g/mol. The number of anilines is 2. The Morgan fingerprint density at radius 2 is 1.65 bits per heavy atom. The van der Waals surface area contributed by atoms with Gasteiger partial charge in [-0.15, -0.1) is 0 Å². The van der Waals surface area contributed by atoms with Crippen LogP contribution in [-0.4, -0.2) is 128 Å². The third-order valence-electron chi connectivity index (χ3n) is 8.90. The van der Waals surface area contributed by atoms with Gasteiger partial charge >= 0.3 is 0 Å². The van der Waals surface area contributed by atoms with E-state index >= 15 is 0 Å². The summed E-state index contributed by atoms with van der Waals surface area (Å²) in [7, 11) is 1.57. The molecule has 0 unspecified atom stereocenters. The third kappa shape index (κ3) is 9.40. The first kappa shape index (κ1) is 35.5. The molecule has 2 aliphatic heterocycles. The van der Waals surface area contributed by atoms with E-state index in [0.29, 0.717) is 61.9 Å². The molecule has 4 amide bonds. The van der Waals surface area contributed by atoms with Crippen LogP contribution in [0.15, 0.2) is 60.8 Å². The van der Waals surface area contributed by atoms with Crippen LogP contribution in [0.4, 0.5) is 11.4 Å². The van der Waals surface area contributed by atoms with Gasteiger partial charge in [-0.25, -0.2) is 0 Å². The summed E-state index contributed by atoms with van der Waals surface area (Å²) in [6, 6.07) is 15.3. The van der Waals surface area contributed by atoms with Crippen LogP contribution < -0.4 is 16.0 Å². The average molecular weight is 672 g/mol. The summed E-state index contributed by atoms with van der Waals surface area (Å²) in [5, 5.41) is 11.8. The predicted molar refractivity (Wildman–Crippen MR) is 187 cm³/mol. The Bertz CT molecular complexity index is 1640. The summed E-state index contributed by atoms with van der Waals surface area (Å²) in [5.41, 5.74) is 9.04. The van der Waals surface area contributed by atoms with Crippen LogP contribution in [0.5, 0.6) is 0 Å². The van der Waals surface area contributed by atoms with E-state index in [2.05, 4.69) is 20.1 Å². The van der Waals surface area contributed by atoms with E-state index < -0.39 is 11.8 Å². The van der Waals surface area contributed by atoms with Crippen LogP contribution in [0.3, 0.4) is 0 Å². The molecule has 2 saturated heterocycles. The van der Waals surface area contributed by atoms with Gasteiger partial charge in [0.2, 0.25) is 11.8 Å². The van der Waals surface area contributed by atoms with Crippen molar-refractivity contribution in [3.63, 3.8) is 0 Å². The minimum Gasteiger partial charge on any atom is -0.394 e. The Morgan fingerprint density at radius 3 is 2.39 bits per heavy atom. The van der Waals surface area contributed by atoms with E-state index in [1.165, 1.54) is 23.6 Å². The van der Waals surface area contributed by atoms with Gasteiger partial charge in [0.15, 0.2) is 0 Å². The topological polar surface area (TPSA) is 162 Å². The summed E-state index contributed by atoms with van der Waals surface area (Å²) in [4.78, 5) is 64.0. The zero-order chi connectivity index (χ0) is 34.8. The number of aliphatic hydroxyl groups is 1. The van der Waals surface area contributed by atoms with Crippen molar-refractivity contribution in [2.24, 2.45) is 5.73 Å². The fourth-order valence-corrected chi connectivity index (χ4v) is 6.10. The first-order chi connectivity index (χ1) is 23.7. The van der Waals surface area contributed by atoms with Gasteiger partial charge in [-0.05, 0) is 67.8 Å². The lowest BCUT2D eigenvalue weighted by Crippen LogP contribution is -2.51. The molecule has 0 atom stereocenters. The van der Waals surface area contributed by atoms with Crippen molar-refractivity contribution in [1.82, 2.24) is 19.7 Å². The van der Waals surface area contributed by atoms with Crippen molar-refractivity contribution in [1.29, 1.82) is 0 Å². The Balaban J connectivity index is 1.25. The zero-order valence-electron chi connectivity index (χ0n) is 28.0. The number of piperazine rings is 1. The number of hydrogen-bond acceptors (Lipinski definition) is 9. The number of carbonyl (C=O) groups excluding carboxylic acids is 4. The van der Waals surface area contributed by atoms with Crippen LogP contribution in [0.25, 0.3) is 11.3 Å². The molecule has 2 fully saturated rings. The molecule has 13 nitrogen and oxygen atoms in total. The minimum atomic E-state index is -0.575. The fraction of sp³-hybridized carbons (Fsp3) is 0.417. The van der Waals surface area contributed by atoms with Crippen molar-refractivity contribution < 1.29 is 29.0 Å². The van der Waals surface area contributed by atoms with Gasteiger partial charge in [-0.2, -0.15) is 0 Å². The highest BCUT2D eigenvalue weighted by molar-refractivity contribution is 6.08. The van der Waals surface area contributed by atoms with Gasteiger partial charge in [-0.1, -0.05) is 6.07 Å². The largest absolute Gasteiger partial charge is 0.394 e. The predicted octanol–water partition coefficient (Wildman–Crippen LogP) is 2.32. The SMILES string of the molecule is CN(CC(=O)N1CCN(CCOCCO)CC1)C(=O)c1cccc(C(=O)Nc2ccc(N3CCCCC3)cc2-c2cc(C(N)=O)ccn2)c1. The Kier molecular flexibility index (Phi) is 12.3. The number of hydrogen-bond donors (Lipinski definition) is 3. The molecule has 1 aromatic heterocycles. The van der Waals surface area contributed by atoms with E-state index in [-0.39, 0.29) is 36.1 Å². The van der Waals surface area contributed by atoms with E-state index in [0.717, 1.165) is 38.2 Å². The van der Waals surface area contributed by atoms with Gasteiger partial charge in [0.1, 0.15) is 0 Å². The molecule has 0 aliphatic carbocycles. The number of aromatic nitrogens is 1. The van der Waals surface area contributed by atoms with Gasteiger partial charge in [0, 0.05) is 87.0 Å². The molecule has 4 N–H and O–H groups in total. The van der Waals surface area contributed by atoms with Crippen LogP contribution in [0.2, 0.25) is 0 Å². The molecule has 260 valence electrons. The second-order valence-corrected chi connectivity index (χ2v) is 12.3. The summed E-state index contributed by atoms with van der Waals surface area (Å²) >= 11 is 0. The molecule has 49 heavy (non-hydrogen) atoms. The zero-order valence-corrected chi connectivity index (χ0v) is 28.0. The Hall–Kier alpha value is -4.85. The number of carbonyl (C=O) groups is 4. The fourth-order valence-electron chi connectivity index (χ4n) is 6.10. The van der Waals surface area contributed by atoms with Crippen LogP contribution in [0, 0.1) is 0 Å². The standard InChI is InChI=1S/C36H45N7O6/c1-40(25-33(45)43-16-14-41(15-17-43)18-20-49-21-19-44)36(48)28-7-5-6-27(22-28)35(47)39-31-9-8-29(42-12-3-2-4-13-42)24-30(31)32-23-26(34(37)46)10-11-38-32/h5-11,22-24,44H,2-4,12-21,25H2,1H3,(H2,37,46)(H,39,47). The number of rotatable bonds is 13. The molecule has 2 aromatic carbocycles. The molecule has 2 aliphatic rings.